The molecule has 0 heterocycles. The van der Waals surface area contributed by atoms with Crippen LogP contribution in [0.1, 0.15) is 0 Å². The van der Waals surface area contributed by atoms with Gasteiger partial charge in [-0.15, -0.1) is 0 Å². The van der Waals surface area contributed by atoms with Crippen molar-refractivity contribution in [3.8, 4) is 5.75 Å². The molecule has 0 saturated heterocycles. The monoisotopic (exact) mass is 430 g/mol. The highest BCUT2D eigenvalue weighted by atomic mass is 35.5. The first-order chi connectivity index (χ1) is 12.7. The van der Waals surface area contributed by atoms with Crippen molar-refractivity contribution < 1.29 is 17.9 Å². The predicted octanol–water partition coefficient (Wildman–Crippen LogP) is 3.15. The van der Waals surface area contributed by atoms with E-state index in [-0.39, 0.29) is 24.0 Å². The lowest BCUT2D eigenvalue weighted by molar-refractivity contribution is -0.130. The minimum absolute atomic E-state index is 0.0796. The number of amides is 1. The van der Waals surface area contributed by atoms with Gasteiger partial charge in [0.15, 0.2) is 0 Å². The van der Waals surface area contributed by atoms with Crippen LogP contribution in [0.3, 0.4) is 0 Å². The quantitative estimate of drug-likeness (QED) is 0.644. The lowest BCUT2D eigenvalue weighted by atomic mass is 10.3. The molecule has 146 valence electrons. The van der Waals surface area contributed by atoms with Crippen LogP contribution in [-0.4, -0.2) is 57.3 Å². The highest BCUT2D eigenvalue weighted by molar-refractivity contribution is 7.89. The summed E-state index contributed by atoms with van der Waals surface area (Å²) in [5.74, 6) is 0.303. The van der Waals surface area contributed by atoms with Crippen LogP contribution >= 0.6 is 23.2 Å². The highest BCUT2D eigenvalue weighted by Gasteiger charge is 2.24. The number of hydrogen-bond acceptors (Lipinski definition) is 4. The molecule has 2 aromatic rings. The van der Waals surface area contributed by atoms with E-state index >= 15 is 0 Å². The third-order valence-corrected chi connectivity index (χ3v) is 6.14. The molecule has 0 fully saturated rings. The lowest BCUT2D eigenvalue weighted by Crippen LogP contribution is -2.40. The zero-order valence-electron chi connectivity index (χ0n) is 14.9. The Kier molecular flexibility index (Phi) is 7.49. The van der Waals surface area contributed by atoms with Crippen molar-refractivity contribution >= 4 is 39.1 Å². The SMILES string of the molecule is CN(CCOc1ccc(Cl)cc1)C(=O)CN(C)S(=O)(=O)c1ccc(Cl)cc1. The molecule has 2 aromatic carbocycles. The smallest absolute Gasteiger partial charge is 0.243 e. The van der Waals surface area contributed by atoms with E-state index < -0.39 is 10.0 Å². The van der Waals surface area contributed by atoms with Crippen LogP contribution in [0.15, 0.2) is 53.4 Å². The van der Waals surface area contributed by atoms with Crippen molar-refractivity contribution in [1.29, 1.82) is 0 Å². The van der Waals surface area contributed by atoms with Gasteiger partial charge in [0.2, 0.25) is 15.9 Å². The molecule has 0 aromatic heterocycles. The van der Waals surface area contributed by atoms with Gasteiger partial charge in [-0.3, -0.25) is 4.79 Å². The average molecular weight is 431 g/mol. The second-order valence-electron chi connectivity index (χ2n) is 5.83. The number of likely N-dealkylation sites (N-methyl/N-ethyl adjacent to an activating group) is 2. The first-order valence-electron chi connectivity index (χ1n) is 8.04. The molecule has 0 spiro atoms. The van der Waals surface area contributed by atoms with Crippen molar-refractivity contribution in [2.24, 2.45) is 0 Å². The number of benzene rings is 2. The number of ether oxygens (including phenoxy) is 1. The summed E-state index contributed by atoms with van der Waals surface area (Å²) in [7, 11) is -0.814. The molecule has 0 N–H and O–H groups in total. The molecule has 0 saturated carbocycles. The van der Waals surface area contributed by atoms with Crippen LogP contribution in [0.5, 0.6) is 5.75 Å². The van der Waals surface area contributed by atoms with Crippen molar-refractivity contribution in [3.05, 3.63) is 58.6 Å². The van der Waals surface area contributed by atoms with Gasteiger partial charge in [0.25, 0.3) is 0 Å². The Balaban J connectivity index is 1.87. The summed E-state index contributed by atoms with van der Waals surface area (Å²) in [4.78, 5) is 13.8. The van der Waals surface area contributed by atoms with E-state index in [1.165, 1.54) is 36.2 Å². The Bertz CT molecular complexity index is 871. The van der Waals surface area contributed by atoms with Gasteiger partial charge < -0.3 is 9.64 Å². The zero-order chi connectivity index (χ0) is 20.0. The van der Waals surface area contributed by atoms with Crippen LogP contribution in [0.2, 0.25) is 10.0 Å². The number of halogens is 2. The zero-order valence-corrected chi connectivity index (χ0v) is 17.3. The Labute approximate surface area is 169 Å². The van der Waals surface area contributed by atoms with Crippen LogP contribution in [0.25, 0.3) is 0 Å². The largest absolute Gasteiger partial charge is 0.492 e. The summed E-state index contributed by atoms with van der Waals surface area (Å²) in [6, 6.07) is 12.7. The van der Waals surface area contributed by atoms with Crippen molar-refractivity contribution in [1.82, 2.24) is 9.21 Å². The summed E-state index contributed by atoms with van der Waals surface area (Å²) >= 11 is 11.6. The van der Waals surface area contributed by atoms with Gasteiger partial charge in [0.05, 0.1) is 18.0 Å². The maximum Gasteiger partial charge on any atom is 0.243 e. The molecule has 0 aliphatic carbocycles. The van der Waals surface area contributed by atoms with Crippen molar-refractivity contribution in [2.45, 2.75) is 4.90 Å². The van der Waals surface area contributed by atoms with Crippen LogP contribution in [-0.2, 0) is 14.8 Å². The lowest BCUT2D eigenvalue weighted by Gasteiger charge is -2.22. The van der Waals surface area contributed by atoms with Gasteiger partial charge in [-0.05, 0) is 48.5 Å². The molecule has 0 radical (unpaired) electrons. The number of sulfonamides is 1. The Hall–Kier alpha value is -1.80. The van der Waals surface area contributed by atoms with E-state index in [2.05, 4.69) is 0 Å². The van der Waals surface area contributed by atoms with Gasteiger partial charge in [-0.2, -0.15) is 4.31 Å². The third kappa shape index (κ3) is 6.10. The minimum Gasteiger partial charge on any atom is -0.492 e. The van der Waals surface area contributed by atoms with E-state index in [9.17, 15) is 13.2 Å². The fraction of sp³-hybridized carbons (Fsp3) is 0.278. The normalized spacial score (nSPS) is 11.4. The molecule has 27 heavy (non-hydrogen) atoms. The van der Waals surface area contributed by atoms with E-state index in [1.807, 2.05) is 0 Å². The third-order valence-electron chi connectivity index (χ3n) is 3.81. The Morgan fingerprint density at radius 2 is 1.48 bits per heavy atom. The Morgan fingerprint density at radius 1 is 0.963 bits per heavy atom. The van der Waals surface area contributed by atoms with Gasteiger partial charge in [-0.1, -0.05) is 23.2 Å². The molecule has 0 bridgehead atoms. The number of carbonyl (C=O) groups excluding carboxylic acids is 1. The van der Waals surface area contributed by atoms with Gasteiger partial charge >= 0.3 is 0 Å². The minimum atomic E-state index is -3.77. The Morgan fingerprint density at radius 3 is 2.04 bits per heavy atom. The molecule has 0 atom stereocenters. The van der Waals surface area contributed by atoms with Crippen LogP contribution in [0.4, 0.5) is 0 Å². The summed E-state index contributed by atoms with van der Waals surface area (Å²) in [5, 5.41) is 1.05. The van der Waals surface area contributed by atoms with Crippen LogP contribution in [0, 0.1) is 0 Å². The number of nitrogens with zero attached hydrogens (tertiary/aromatic N) is 2. The van der Waals surface area contributed by atoms with E-state index in [0.717, 1.165) is 4.31 Å². The van der Waals surface area contributed by atoms with Gasteiger partial charge in [-0.25, -0.2) is 8.42 Å². The molecule has 6 nitrogen and oxygen atoms in total. The summed E-state index contributed by atoms with van der Waals surface area (Å²) in [6.45, 7) is 0.316. The molecular formula is C18H20Cl2N2O4S. The van der Waals surface area contributed by atoms with Crippen LogP contribution < -0.4 is 4.74 Å². The van der Waals surface area contributed by atoms with E-state index in [0.29, 0.717) is 22.3 Å². The summed E-state index contributed by atoms with van der Waals surface area (Å²) in [6.07, 6.45) is 0. The molecule has 1 amide bonds. The second-order valence-corrected chi connectivity index (χ2v) is 8.75. The molecule has 0 aliphatic rings. The molecule has 0 unspecified atom stereocenters. The highest BCUT2D eigenvalue weighted by Crippen LogP contribution is 2.18. The maximum atomic E-state index is 12.5. The predicted molar refractivity (Wildman–Crippen MR) is 106 cm³/mol. The van der Waals surface area contributed by atoms with Gasteiger partial charge in [0.1, 0.15) is 12.4 Å². The van der Waals surface area contributed by atoms with E-state index in [1.54, 1.807) is 31.3 Å². The average Bonchev–Trinajstić information content (AvgIpc) is 2.63. The molecular weight excluding hydrogens is 411 g/mol. The van der Waals surface area contributed by atoms with Gasteiger partial charge in [0, 0.05) is 24.1 Å². The molecule has 2 rings (SSSR count). The maximum absolute atomic E-state index is 12.5. The standard InChI is InChI=1S/C18H20Cl2N2O4S/c1-21(11-12-26-16-7-3-14(19)4-8-16)18(23)13-22(2)27(24,25)17-9-5-15(20)6-10-17/h3-10H,11-13H2,1-2H3. The first-order valence-corrected chi connectivity index (χ1v) is 10.2. The topological polar surface area (TPSA) is 66.9 Å². The summed E-state index contributed by atoms with van der Waals surface area (Å²) in [5.41, 5.74) is 0. The summed E-state index contributed by atoms with van der Waals surface area (Å²) < 4.78 is 31.6. The molecule has 9 heteroatoms. The number of rotatable bonds is 8. The second kappa shape index (κ2) is 9.41. The first kappa shape index (κ1) is 21.5. The fourth-order valence-corrected chi connectivity index (χ4v) is 3.51. The molecule has 0 aliphatic heterocycles. The number of carbonyl (C=O) groups is 1. The fourth-order valence-electron chi connectivity index (χ4n) is 2.14. The van der Waals surface area contributed by atoms with Crippen molar-refractivity contribution in [3.63, 3.8) is 0 Å². The van der Waals surface area contributed by atoms with E-state index in [4.69, 9.17) is 27.9 Å². The number of hydrogen-bond donors (Lipinski definition) is 0. The van der Waals surface area contributed by atoms with Crippen molar-refractivity contribution in [2.75, 3.05) is 33.8 Å².